The Morgan fingerprint density at radius 1 is 1.33 bits per heavy atom. The number of hydrogen-bond donors (Lipinski definition) is 1. The molecule has 0 unspecified atom stereocenters. The van der Waals surface area contributed by atoms with Crippen LogP contribution in [0, 0.1) is 10.1 Å². The average molecular weight is 405 g/mol. The quantitative estimate of drug-likeness (QED) is 0.411. The molecule has 0 saturated carbocycles. The molecule has 0 aliphatic carbocycles. The minimum atomic E-state index is -0.781. The number of nitrogens with one attached hydrogen (secondary N) is 1. The molecule has 2 aromatic heterocycles. The molecular weight excluding hydrogens is 396 g/mol. The van der Waals surface area contributed by atoms with Gasteiger partial charge in [0.2, 0.25) is 5.91 Å². The Morgan fingerprint density at radius 3 is 2.93 bits per heavy atom. The standard InChI is InChI=1S/C16H9ClN4O5S/c17-8-1-3-10-13(5-8)27-15(18-10)19-14(22)7-20-11-4-2-9(21(24)25)6-12(11)26-16(20)23/h1-6H,7H2,(H,18,19,22). The van der Waals surface area contributed by atoms with E-state index >= 15 is 0 Å². The Kier molecular flexibility index (Phi) is 4.13. The maximum atomic E-state index is 12.3. The van der Waals surface area contributed by atoms with E-state index in [9.17, 15) is 19.7 Å². The van der Waals surface area contributed by atoms with Gasteiger partial charge in [0, 0.05) is 11.1 Å². The molecule has 4 rings (SSSR count). The van der Waals surface area contributed by atoms with Gasteiger partial charge in [-0.1, -0.05) is 22.9 Å². The second kappa shape index (κ2) is 6.49. The zero-order valence-corrected chi connectivity index (χ0v) is 14.9. The lowest BCUT2D eigenvalue weighted by atomic mass is 10.3. The number of carbonyl (C=O) groups is 1. The maximum absolute atomic E-state index is 12.3. The van der Waals surface area contributed by atoms with Crippen LogP contribution in [0.25, 0.3) is 21.3 Å². The normalized spacial score (nSPS) is 11.1. The van der Waals surface area contributed by atoms with Gasteiger partial charge in [0.25, 0.3) is 5.69 Å². The predicted molar refractivity (Wildman–Crippen MR) is 100 cm³/mol. The van der Waals surface area contributed by atoms with Crippen molar-refractivity contribution in [1.29, 1.82) is 0 Å². The second-order valence-electron chi connectivity index (χ2n) is 5.54. The number of benzene rings is 2. The maximum Gasteiger partial charge on any atom is 0.420 e. The first-order valence-corrected chi connectivity index (χ1v) is 8.74. The van der Waals surface area contributed by atoms with Gasteiger partial charge in [0.1, 0.15) is 6.54 Å². The van der Waals surface area contributed by atoms with Gasteiger partial charge in [-0.05, 0) is 24.3 Å². The molecule has 0 bridgehead atoms. The molecular formula is C16H9ClN4O5S. The highest BCUT2D eigenvalue weighted by Crippen LogP contribution is 2.28. The van der Waals surface area contributed by atoms with Crippen molar-refractivity contribution in [2.75, 3.05) is 5.32 Å². The highest BCUT2D eigenvalue weighted by Gasteiger charge is 2.17. The number of nitro benzene ring substituents is 1. The van der Waals surface area contributed by atoms with E-state index in [-0.39, 0.29) is 23.3 Å². The lowest BCUT2D eigenvalue weighted by Gasteiger charge is -2.02. The minimum Gasteiger partial charge on any atom is -0.407 e. The number of carbonyl (C=O) groups excluding carboxylic acids is 1. The van der Waals surface area contributed by atoms with Crippen LogP contribution in [-0.4, -0.2) is 20.4 Å². The van der Waals surface area contributed by atoms with E-state index in [4.69, 9.17) is 16.0 Å². The fraction of sp³-hybridized carbons (Fsp3) is 0.0625. The monoisotopic (exact) mass is 404 g/mol. The fourth-order valence-corrected chi connectivity index (χ4v) is 3.73. The zero-order chi connectivity index (χ0) is 19.1. The summed E-state index contributed by atoms with van der Waals surface area (Å²) in [5.41, 5.74) is 0.812. The lowest BCUT2D eigenvalue weighted by Crippen LogP contribution is -2.24. The summed E-state index contributed by atoms with van der Waals surface area (Å²) in [5.74, 6) is -1.26. The number of amides is 1. The summed E-state index contributed by atoms with van der Waals surface area (Å²) in [6.07, 6.45) is 0. The van der Waals surface area contributed by atoms with Crippen molar-refractivity contribution in [3.05, 3.63) is 62.1 Å². The molecule has 0 saturated heterocycles. The van der Waals surface area contributed by atoms with Crippen molar-refractivity contribution in [2.24, 2.45) is 0 Å². The van der Waals surface area contributed by atoms with Gasteiger partial charge in [0.05, 0.1) is 26.7 Å². The Morgan fingerprint density at radius 2 is 2.15 bits per heavy atom. The molecule has 0 atom stereocenters. The number of oxazole rings is 1. The minimum absolute atomic E-state index is 0.0385. The van der Waals surface area contributed by atoms with Crippen LogP contribution in [0.4, 0.5) is 10.8 Å². The number of nitro groups is 1. The van der Waals surface area contributed by atoms with Gasteiger partial charge in [-0.3, -0.25) is 19.5 Å². The Balaban J connectivity index is 1.59. The molecule has 0 radical (unpaired) electrons. The molecule has 27 heavy (non-hydrogen) atoms. The van der Waals surface area contributed by atoms with Crippen LogP contribution in [0.15, 0.2) is 45.6 Å². The van der Waals surface area contributed by atoms with Crippen LogP contribution in [0.2, 0.25) is 5.02 Å². The average Bonchev–Trinajstić information content (AvgIpc) is 3.14. The van der Waals surface area contributed by atoms with Crippen LogP contribution in [0.5, 0.6) is 0 Å². The zero-order valence-electron chi connectivity index (χ0n) is 13.3. The van der Waals surface area contributed by atoms with E-state index in [1.807, 2.05) is 0 Å². The van der Waals surface area contributed by atoms with E-state index in [1.165, 1.54) is 23.5 Å². The van der Waals surface area contributed by atoms with Crippen LogP contribution in [-0.2, 0) is 11.3 Å². The second-order valence-corrected chi connectivity index (χ2v) is 7.01. The van der Waals surface area contributed by atoms with Gasteiger partial charge in [-0.2, -0.15) is 0 Å². The van der Waals surface area contributed by atoms with Gasteiger partial charge in [-0.25, -0.2) is 9.78 Å². The Bertz CT molecular complexity index is 1280. The highest BCUT2D eigenvalue weighted by molar-refractivity contribution is 7.22. The number of thiazole rings is 1. The van der Waals surface area contributed by atoms with Crippen molar-refractivity contribution in [1.82, 2.24) is 9.55 Å². The van der Waals surface area contributed by atoms with E-state index in [0.29, 0.717) is 15.7 Å². The number of fused-ring (bicyclic) bond motifs is 2. The molecule has 2 heterocycles. The largest absolute Gasteiger partial charge is 0.420 e. The van der Waals surface area contributed by atoms with Crippen LogP contribution in [0.3, 0.4) is 0 Å². The summed E-state index contributed by atoms with van der Waals surface area (Å²) < 4.78 is 6.91. The summed E-state index contributed by atoms with van der Waals surface area (Å²) in [4.78, 5) is 38.8. The van der Waals surface area contributed by atoms with Crippen molar-refractivity contribution in [2.45, 2.75) is 6.54 Å². The smallest absolute Gasteiger partial charge is 0.407 e. The van der Waals surface area contributed by atoms with Crippen molar-refractivity contribution >= 4 is 61.0 Å². The molecule has 0 spiro atoms. The lowest BCUT2D eigenvalue weighted by molar-refractivity contribution is -0.384. The van der Waals surface area contributed by atoms with Crippen molar-refractivity contribution in [3.63, 3.8) is 0 Å². The number of hydrogen-bond acceptors (Lipinski definition) is 7. The SMILES string of the molecule is O=C(Cn1c(=O)oc2cc([N+](=O)[O-])ccc21)Nc1nc2ccc(Cl)cc2s1. The third kappa shape index (κ3) is 3.27. The van der Waals surface area contributed by atoms with Crippen LogP contribution < -0.4 is 11.1 Å². The molecule has 4 aromatic rings. The van der Waals surface area contributed by atoms with Crippen molar-refractivity contribution < 1.29 is 14.1 Å². The number of anilines is 1. The summed E-state index contributed by atoms with van der Waals surface area (Å²) in [5, 5.41) is 14.4. The number of aromatic nitrogens is 2. The van der Waals surface area contributed by atoms with Gasteiger partial charge < -0.3 is 9.73 Å². The molecule has 0 fully saturated rings. The summed E-state index contributed by atoms with van der Waals surface area (Å²) >= 11 is 7.19. The summed E-state index contributed by atoms with van der Waals surface area (Å²) in [7, 11) is 0. The number of rotatable bonds is 4. The fourth-order valence-electron chi connectivity index (χ4n) is 2.57. The van der Waals surface area contributed by atoms with E-state index in [0.717, 1.165) is 15.3 Å². The summed E-state index contributed by atoms with van der Waals surface area (Å²) in [6, 6.07) is 8.93. The highest BCUT2D eigenvalue weighted by atomic mass is 35.5. The van der Waals surface area contributed by atoms with Gasteiger partial charge >= 0.3 is 5.76 Å². The van der Waals surface area contributed by atoms with Crippen LogP contribution >= 0.6 is 22.9 Å². The molecule has 1 amide bonds. The molecule has 9 nitrogen and oxygen atoms in total. The summed E-state index contributed by atoms with van der Waals surface area (Å²) in [6.45, 7) is -0.319. The molecule has 1 N–H and O–H groups in total. The first-order chi connectivity index (χ1) is 12.9. The predicted octanol–water partition coefficient (Wildman–Crippen LogP) is 3.40. The van der Waals surface area contributed by atoms with Gasteiger partial charge in [-0.15, -0.1) is 0 Å². The topological polar surface area (TPSA) is 120 Å². The number of non-ortho nitro benzene ring substituents is 1. The molecule has 0 aliphatic heterocycles. The van der Waals surface area contributed by atoms with Gasteiger partial charge in [0.15, 0.2) is 10.7 Å². The third-order valence-electron chi connectivity index (χ3n) is 3.76. The Labute approximate surface area is 158 Å². The van der Waals surface area contributed by atoms with E-state index < -0.39 is 16.6 Å². The van der Waals surface area contributed by atoms with Crippen molar-refractivity contribution in [3.8, 4) is 0 Å². The number of halogens is 1. The third-order valence-corrected chi connectivity index (χ3v) is 4.93. The first-order valence-electron chi connectivity index (χ1n) is 7.54. The number of nitrogens with zero attached hydrogens (tertiary/aromatic N) is 3. The molecule has 2 aromatic carbocycles. The first kappa shape index (κ1) is 17.2. The molecule has 0 aliphatic rings. The van der Waals surface area contributed by atoms with E-state index in [2.05, 4.69) is 10.3 Å². The molecule has 11 heteroatoms. The van der Waals surface area contributed by atoms with Crippen LogP contribution in [0.1, 0.15) is 0 Å². The van der Waals surface area contributed by atoms with E-state index in [1.54, 1.807) is 18.2 Å². The Hall–Kier alpha value is -3.24. The molecule has 136 valence electrons.